The predicted octanol–water partition coefficient (Wildman–Crippen LogP) is 2.45. The van der Waals surface area contributed by atoms with E-state index in [0.29, 0.717) is 16.3 Å². The fourth-order valence-corrected chi connectivity index (χ4v) is 4.78. The van der Waals surface area contributed by atoms with Crippen molar-refractivity contribution in [1.29, 1.82) is 0 Å². The molecule has 1 unspecified atom stereocenters. The molecule has 19 heavy (non-hydrogen) atoms. The molecule has 1 fully saturated rings. The number of rotatable bonds is 5. The van der Waals surface area contributed by atoms with Crippen LogP contribution in [-0.2, 0) is 6.54 Å². The maximum atomic E-state index is 12.0. The number of nitrogens with one attached hydrogen (secondary N) is 1. The Kier molecular flexibility index (Phi) is 5.84. The van der Waals surface area contributed by atoms with Gasteiger partial charge in [0.1, 0.15) is 4.47 Å². The molecule has 1 aromatic heterocycles. The van der Waals surface area contributed by atoms with Crippen LogP contribution in [0.1, 0.15) is 0 Å². The van der Waals surface area contributed by atoms with Crippen molar-refractivity contribution in [3.63, 3.8) is 0 Å². The van der Waals surface area contributed by atoms with Gasteiger partial charge in [0, 0.05) is 29.1 Å². The molecule has 0 radical (unpaired) electrons. The van der Waals surface area contributed by atoms with E-state index in [2.05, 4.69) is 32.9 Å². The third kappa shape index (κ3) is 4.03. The molecule has 1 aromatic rings. The highest BCUT2D eigenvalue weighted by atomic mass is 79.9. The van der Waals surface area contributed by atoms with Crippen molar-refractivity contribution in [3.8, 4) is 0 Å². The Bertz CT molecular complexity index is 500. The van der Waals surface area contributed by atoms with E-state index in [0.717, 1.165) is 18.0 Å². The Morgan fingerprint density at radius 3 is 3.16 bits per heavy atom. The Morgan fingerprint density at radius 1 is 1.63 bits per heavy atom. The second-order valence-electron chi connectivity index (χ2n) is 4.10. The lowest BCUT2D eigenvalue weighted by Gasteiger charge is -2.21. The molecule has 1 saturated heterocycles. The number of nitrogens with zero attached hydrogens (tertiary/aromatic N) is 2. The van der Waals surface area contributed by atoms with Gasteiger partial charge in [-0.25, -0.2) is 4.68 Å². The van der Waals surface area contributed by atoms with E-state index in [1.807, 2.05) is 23.5 Å². The molecule has 1 aliphatic heterocycles. The summed E-state index contributed by atoms with van der Waals surface area (Å²) < 4.78 is 1.92. The summed E-state index contributed by atoms with van der Waals surface area (Å²) in [5.74, 6) is 3.61. The molecule has 1 aliphatic rings. The second-order valence-corrected chi connectivity index (χ2v) is 7.45. The number of aromatic nitrogens is 2. The van der Waals surface area contributed by atoms with Crippen LogP contribution in [0.3, 0.4) is 0 Å². The average Bonchev–Trinajstić information content (AvgIpc) is 2.44. The number of halogens is 1. The minimum absolute atomic E-state index is 0.129. The second kappa shape index (κ2) is 7.40. The highest BCUT2D eigenvalue weighted by molar-refractivity contribution is 9.10. The SMILES string of the molecule is C=CCn1ncc(NCC2CSCCS2)c(Br)c1=O. The van der Waals surface area contributed by atoms with Gasteiger partial charge in [-0.15, -0.1) is 6.58 Å². The van der Waals surface area contributed by atoms with Gasteiger partial charge in [-0.1, -0.05) is 6.08 Å². The molecule has 0 saturated carbocycles. The molecule has 2 rings (SSSR count). The van der Waals surface area contributed by atoms with E-state index < -0.39 is 0 Å². The van der Waals surface area contributed by atoms with Crippen LogP contribution in [0.2, 0.25) is 0 Å². The van der Waals surface area contributed by atoms with Crippen molar-refractivity contribution in [2.24, 2.45) is 0 Å². The molecule has 104 valence electrons. The van der Waals surface area contributed by atoms with Crippen LogP contribution in [0.5, 0.6) is 0 Å². The normalized spacial score (nSPS) is 19.1. The number of thioether (sulfide) groups is 2. The monoisotopic (exact) mass is 361 g/mol. The maximum absolute atomic E-state index is 12.0. The zero-order chi connectivity index (χ0) is 13.7. The van der Waals surface area contributed by atoms with Gasteiger partial charge < -0.3 is 5.32 Å². The summed E-state index contributed by atoms with van der Waals surface area (Å²) in [5.41, 5.74) is 0.636. The Hall–Kier alpha value is -0.400. The van der Waals surface area contributed by atoms with Gasteiger partial charge in [-0.3, -0.25) is 4.79 Å². The lowest BCUT2D eigenvalue weighted by molar-refractivity contribution is 0.649. The van der Waals surface area contributed by atoms with Crippen LogP contribution >= 0.6 is 39.5 Å². The third-order valence-corrected chi connectivity index (χ3v) is 6.30. The minimum atomic E-state index is -0.129. The van der Waals surface area contributed by atoms with Crippen LogP contribution < -0.4 is 10.9 Å². The molecular weight excluding hydrogens is 346 g/mol. The van der Waals surface area contributed by atoms with E-state index in [4.69, 9.17) is 0 Å². The highest BCUT2D eigenvalue weighted by Gasteiger charge is 2.15. The number of hydrogen-bond donors (Lipinski definition) is 1. The summed E-state index contributed by atoms with van der Waals surface area (Å²) >= 11 is 7.32. The summed E-state index contributed by atoms with van der Waals surface area (Å²) in [6.45, 7) is 4.90. The van der Waals surface area contributed by atoms with Crippen LogP contribution in [0.25, 0.3) is 0 Å². The van der Waals surface area contributed by atoms with Crippen LogP contribution in [0, 0.1) is 0 Å². The molecule has 4 nitrogen and oxygen atoms in total. The highest BCUT2D eigenvalue weighted by Crippen LogP contribution is 2.25. The number of anilines is 1. The van der Waals surface area contributed by atoms with Crippen LogP contribution in [0.15, 0.2) is 28.1 Å². The van der Waals surface area contributed by atoms with Gasteiger partial charge in [0.05, 0.1) is 18.4 Å². The zero-order valence-electron chi connectivity index (χ0n) is 10.5. The zero-order valence-corrected chi connectivity index (χ0v) is 13.7. The van der Waals surface area contributed by atoms with Crippen molar-refractivity contribution in [1.82, 2.24) is 9.78 Å². The first-order valence-corrected chi connectivity index (χ1v) is 9.01. The fourth-order valence-electron chi connectivity index (χ4n) is 1.72. The lowest BCUT2D eigenvalue weighted by Crippen LogP contribution is -2.27. The van der Waals surface area contributed by atoms with E-state index in [1.54, 1.807) is 12.3 Å². The molecule has 0 spiro atoms. The molecule has 1 N–H and O–H groups in total. The van der Waals surface area contributed by atoms with E-state index in [-0.39, 0.29) is 5.56 Å². The molecule has 1 atom stereocenters. The summed E-state index contributed by atoms with van der Waals surface area (Å²) in [4.78, 5) is 12.0. The van der Waals surface area contributed by atoms with Crippen molar-refractivity contribution < 1.29 is 0 Å². The molecule has 0 bridgehead atoms. The largest absolute Gasteiger partial charge is 0.382 e. The first kappa shape index (κ1) is 15.0. The molecule has 0 aliphatic carbocycles. The number of allylic oxidation sites excluding steroid dienone is 1. The molecular formula is C12H16BrN3OS2. The lowest BCUT2D eigenvalue weighted by atomic mass is 10.4. The maximum Gasteiger partial charge on any atom is 0.283 e. The Balaban J connectivity index is 2.02. The van der Waals surface area contributed by atoms with Crippen molar-refractivity contribution in [2.75, 3.05) is 29.1 Å². The van der Waals surface area contributed by atoms with Gasteiger partial charge in [-0.05, 0) is 15.9 Å². The quantitative estimate of drug-likeness (QED) is 0.816. The standard InChI is InChI=1S/C12H16BrN3OS2/c1-2-3-16-12(17)11(13)10(7-15-16)14-6-9-8-18-4-5-19-9/h2,7,9,14H,1,3-6,8H2. The van der Waals surface area contributed by atoms with E-state index in [1.165, 1.54) is 16.2 Å². The predicted molar refractivity (Wildman–Crippen MR) is 88.5 cm³/mol. The van der Waals surface area contributed by atoms with Crippen molar-refractivity contribution in [3.05, 3.63) is 33.7 Å². The topological polar surface area (TPSA) is 46.9 Å². The van der Waals surface area contributed by atoms with Gasteiger partial charge in [0.15, 0.2) is 0 Å². The van der Waals surface area contributed by atoms with Crippen molar-refractivity contribution >= 4 is 45.1 Å². The first-order valence-electron chi connectivity index (χ1n) is 6.02. The molecule has 2 heterocycles. The summed E-state index contributed by atoms with van der Waals surface area (Å²) in [6.07, 6.45) is 3.35. The van der Waals surface area contributed by atoms with Gasteiger partial charge in [-0.2, -0.15) is 28.6 Å². The van der Waals surface area contributed by atoms with Crippen LogP contribution in [-0.4, -0.2) is 38.8 Å². The Morgan fingerprint density at radius 2 is 2.47 bits per heavy atom. The number of hydrogen-bond acceptors (Lipinski definition) is 5. The fraction of sp³-hybridized carbons (Fsp3) is 0.500. The third-order valence-electron chi connectivity index (χ3n) is 2.69. The van der Waals surface area contributed by atoms with E-state index >= 15 is 0 Å². The average molecular weight is 362 g/mol. The van der Waals surface area contributed by atoms with Gasteiger partial charge in [0.25, 0.3) is 5.56 Å². The van der Waals surface area contributed by atoms with Crippen LogP contribution in [0.4, 0.5) is 5.69 Å². The molecule has 0 aromatic carbocycles. The summed E-state index contributed by atoms with van der Waals surface area (Å²) in [6, 6.07) is 0. The molecule has 0 amide bonds. The molecule has 7 heteroatoms. The Labute approximate surface area is 129 Å². The minimum Gasteiger partial charge on any atom is -0.382 e. The van der Waals surface area contributed by atoms with Gasteiger partial charge >= 0.3 is 0 Å². The summed E-state index contributed by atoms with van der Waals surface area (Å²) in [5, 5.41) is 8.03. The smallest absolute Gasteiger partial charge is 0.283 e. The van der Waals surface area contributed by atoms with E-state index in [9.17, 15) is 4.79 Å². The van der Waals surface area contributed by atoms with Gasteiger partial charge in [0.2, 0.25) is 0 Å². The summed E-state index contributed by atoms with van der Waals surface area (Å²) in [7, 11) is 0. The first-order chi connectivity index (χ1) is 9.22. The van der Waals surface area contributed by atoms with Crippen molar-refractivity contribution in [2.45, 2.75) is 11.8 Å².